The molecule has 176 valence electrons. The minimum atomic E-state index is -0.207. The average molecular weight is 464 g/mol. The first kappa shape index (κ1) is 22.8. The topological polar surface area (TPSA) is 55.2 Å². The summed E-state index contributed by atoms with van der Waals surface area (Å²) in [7, 11) is 0. The number of benzene rings is 2. The molecule has 0 bridgehead atoms. The van der Waals surface area contributed by atoms with E-state index in [-0.39, 0.29) is 16.9 Å². The minimum absolute atomic E-state index is 0.184. The third-order valence-corrected chi connectivity index (χ3v) is 6.97. The molecule has 0 fully saturated rings. The fourth-order valence-corrected chi connectivity index (χ4v) is 4.95. The molecule has 5 rings (SSSR count). The van der Waals surface area contributed by atoms with Crippen LogP contribution < -0.4 is 5.43 Å². The molecule has 0 N–H and O–H groups in total. The summed E-state index contributed by atoms with van der Waals surface area (Å²) >= 11 is 0. The van der Waals surface area contributed by atoms with Gasteiger partial charge in [-0.05, 0) is 60.2 Å². The van der Waals surface area contributed by atoms with Gasteiger partial charge in [0.25, 0.3) is 5.91 Å². The van der Waals surface area contributed by atoms with Crippen LogP contribution in [0.4, 0.5) is 0 Å². The van der Waals surface area contributed by atoms with E-state index in [1.54, 1.807) is 18.5 Å². The second-order valence-corrected chi connectivity index (χ2v) is 9.26. The summed E-state index contributed by atoms with van der Waals surface area (Å²) in [6.45, 7) is 5.71. The molecule has 0 aliphatic carbocycles. The van der Waals surface area contributed by atoms with E-state index in [0.717, 1.165) is 40.1 Å². The minimum Gasteiger partial charge on any atom is -0.343 e. The van der Waals surface area contributed by atoms with Gasteiger partial charge in [0.05, 0.1) is 0 Å². The molecule has 35 heavy (non-hydrogen) atoms. The van der Waals surface area contributed by atoms with Crippen molar-refractivity contribution in [2.75, 3.05) is 6.54 Å². The van der Waals surface area contributed by atoms with Gasteiger partial charge in [0.15, 0.2) is 5.43 Å². The van der Waals surface area contributed by atoms with Gasteiger partial charge in [0.1, 0.15) is 5.56 Å². The van der Waals surface area contributed by atoms with Crippen molar-refractivity contribution < 1.29 is 4.79 Å². The Morgan fingerprint density at radius 3 is 2.43 bits per heavy atom. The van der Waals surface area contributed by atoms with Gasteiger partial charge < -0.3 is 9.47 Å². The lowest BCUT2D eigenvalue weighted by atomic mass is 9.96. The lowest BCUT2D eigenvalue weighted by Crippen LogP contribution is -2.40. The maximum absolute atomic E-state index is 13.9. The summed E-state index contributed by atoms with van der Waals surface area (Å²) < 4.78 is 2.12. The zero-order valence-corrected chi connectivity index (χ0v) is 20.2. The fourth-order valence-electron chi connectivity index (χ4n) is 4.95. The monoisotopic (exact) mass is 463 g/mol. The van der Waals surface area contributed by atoms with Crippen LogP contribution in [0.5, 0.6) is 0 Å². The molecule has 0 atom stereocenters. The number of carbonyl (C=O) groups excluding carboxylic acids is 1. The van der Waals surface area contributed by atoms with Gasteiger partial charge in [0, 0.05) is 55.9 Å². The van der Waals surface area contributed by atoms with Gasteiger partial charge in [-0.15, -0.1) is 0 Å². The highest BCUT2D eigenvalue weighted by Gasteiger charge is 2.27. The van der Waals surface area contributed by atoms with E-state index in [1.807, 2.05) is 48.2 Å². The Morgan fingerprint density at radius 2 is 1.66 bits per heavy atom. The molecule has 5 nitrogen and oxygen atoms in total. The molecular weight excluding hydrogens is 434 g/mol. The van der Waals surface area contributed by atoms with Gasteiger partial charge >= 0.3 is 0 Å². The van der Waals surface area contributed by atoms with E-state index < -0.39 is 0 Å². The number of fused-ring (bicyclic) bond motifs is 1. The van der Waals surface area contributed by atoms with Crippen molar-refractivity contribution in [2.45, 2.75) is 39.8 Å². The predicted octanol–water partition coefficient (Wildman–Crippen LogP) is 4.70. The van der Waals surface area contributed by atoms with Gasteiger partial charge in [-0.3, -0.25) is 14.6 Å². The normalized spacial score (nSPS) is 12.9. The zero-order valence-electron chi connectivity index (χ0n) is 20.2. The van der Waals surface area contributed by atoms with Crippen LogP contribution in [0, 0.1) is 13.8 Å². The van der Waals surface area contributed by atoms with Gasteiger partial charge in [0.2, 0.25) is 0 Å². The second-order valence-electron chi connectivity index (χ2n) is 9.26. The Bertz CT molecular complexity index is 1440. The number of rotatable bonds is 5. The van der Waals surface area contributed by atoms with Crippen molar-refractivity contribution in [2.24, 2.45) is 0 Å². The van der Waals surface area contributed by atoms with Crippen molar-refractivity contribution in [3.8, 4) is 0 Å². The average Bonchev–Trinajstić information content (AvgIpc) is 2.87. The molecule has 0 unspecified atom stereocenters. The van der Waals surface area contributed by atoms with Crippen molar-refractivity contribution in [1.82, 2.24) is 14.5 Å². The highest BCUT2D eigenvalue weighted by Crippen LogP contribution is 2.23. The first-order valence-electron chi connectivity index (χ1n) is 12.0. The molecule has 1 amide bonds. The molecule has 4 aromatic rings. The van der Waals surface area contributed by atoms with Crippen LogP contribution in [-0.2, 0) is 25.9 Å². The van der Waals surface area contributed by atoms with Crippen LogP contribution in [-0.4, -0.2) is 26.9 Å². The maximum atomic E-state index is 13.9. The number of aryl methyl sites for hydroxylation is 2. The standard InChI is InChI=1S/C30H29N3O2/c1-21-7-3-4-9-25(21)18-27-29(30(35)32-16-13-24-8-5-6-10-26(24)20-32)28(34)17-22(2)33(27)19-23-11-14-31-15-12-23/h3-12,14-15,17H,13,16,18-20H2,1-2H3. The van der Waals surface area contributed by atoms with Gasteiger partial charge in [-0.25, -0.2) is 0 Å². The third kappa shape index (κ3) is 4.67. The Balaban J connectivity index is 1.62. The lowest BCUT2D eigenvalue weighted by molar-refractivity contribution is 0.0731. The Kier molecular flexibility index (Phi) is 6.32. The van der Waals surface area contributed by atoms with E-state index in [1.165, 1.54) is 5.56 Å². The maximum Gasteiger partial charge on any atom is 0.259 e. The largest absolute Gasteiger partial charge is 0.343 e. The number of hydrogen-bond acceptors (Lipinski definition) is 3. The number of hydrogen-bond donors (Lipinski definition) is 0. The van der Waals surface area contributed by atoms with Crippen LogP contribution in [0.15, 0.2) is 83.9 Å². The SMILES string of the molecule is Cc1ccccc1Cc1c(C(=O)N2CCc3ccccc3C2)c(=O)cc(C)n1Cc1ccncc1. The molecule has 3 heterocycles. The summed E-state index contributed by atoms with van der Waals surface area (Å²) in [5, 5.41) is 0. The van der Waals surface area contributed by atoms with Crippen LogP contribution in [0.1, 0.15) is 49.6 Å². The predicted molar refractivity (Wildman–Crippen MR) is 138 cm³/mol. The fraction of sp³-hybridized carbons (Fsp3) is 0.233. The second kappa shape index (κ2) is 9.71. The highest BCUT2D eigenvalue weighted by molar-refractivity contribution is 5.95. The van der Waals surface area contributed by atoms with Crippen molar-refractivity contribution in [3.05, 3.63) is 134 Å². The Morgan fingerprint density at radius 1 is 0.943 bits per heavy atom. The van der Waals surface area contributed by atoms with E-state index in [0.29, 0.717) is 26.1 Å². The highest BCUT2D eigenvalue weighted by atomic mass is 16.2. The smallest absolute Gasteiger partial charge is 0.259 e. The molecule has 0 spiro atoms. The molecular formula is C30H29N3O2. The third-order valence-electron chi connectivity index (χ3n) is 6.97. The zero-order chi connectivity index (χ0) is 24.4. The summed E-state index contributed by atoms with van der Waals surface area (Å²) in [6, 6.07) is 21.9. The van der Waals surface area contributed by atoms with Crippen LogP contribution in [0.25, 0.3) is 0 Å². The summed E-state index contributed by atoms with van der Waals surface area (Å²) in [4.78, 5) is 33.3. The quantitative estimate of drug-likeness (QED) is 0.431. The Labute approximate surface area is 205 Å². The summed E-state index contributed by atoms with van der Waals surface area (Å²) in [6.07, 6.45) is 4.85. The first-order chi connectivity index (χ1) is 17.0. The Hall–Kier alpha value is -3.99. The molecule has 0 radical (unpaired) electrons. The molecule has 2 aromatic carbocycles. The molecule has 0 saturated heterocycles. The van der Waals surface area contributed by atoms with E-state index >= 15 is 0 Å². The van der Waals surface area contributed by atoms with Crippen LogP contribution in [0.3, 0.4) is 0 Å². The number of amides is 1. The van der Waals surface area contributed by atoms with Crippen molar-refractivity contribution >= 4 is 5.91 Å². The molecule has 0 saturated carbocycles. The summed E-state index contributed by atoms with van der Waals surface area (Å²) in [5.74, 6) is -0.184. The van der Waals surface area contributed by atoms with Crippen molar-refractivity contribution in [3.63, 3.8) is 0 Å². The number of carbonyl (C=O) groups is 1. The molecule has 1 aliphatic rings. The molecule has 5 heteroatoms. The van der Waals surface area contributed by atoms with Gasteiger partial charge in [-0.2, -0.15) is 0 Å². The van der Waals surface area contributed by atoms with Crippen LogP contribution in [0.2, 0.25) is 0 Å². The van der Waals surface area contributed by atoms with Crippen molar-refractivity contribution in [1.29, 1.82) is 0 Å². The number of aromatic nitrogens is 2. The van der Waals surface area contributed by atoms with E-state index in [2.05, 4.69) is 40.7 Å². The number of nitrogens with zero attached hydrogens (tertiary/aromatic N) is 3. The lowest BCUT2D eigenvalue weighted by Gasteiger charge is -2.30. The first-order valence-corrected chi connectivity index (χ1v) is 12.0. The molecule has 2 aromatic heterocycles. The van der Waals surface area contributed by atoms with E-state index in [9.17, 15) is 9.59 Å². The summed E-state index contributed by atoms with van der Waals surface area (Å²) in [5.41, 5.74) is 7.44. The van der Waals surface area contributed by atoms with E-state index in [4.69, 9.17) is 0 Å². The van der Waals surface area contributed by atoms with Gasteiger partial charge in [-0.1, -0.05) is 48.5 Å². The molecule has 1 aliphatic heterocycles. The van der Waals surface area contributed by atoms with Crippen LogP contribution >= 0.6 is 0 Å². The number of pyridine rings is 2.